The Morgan fingerprint density at radius 3 is 2.52 bits per heavy atom. The van der Waals surface area contributed by atoms with Gasteiger partial charge in [-0.15, -0.1) is 22.7 Å². The molecule has 3 heterocycles. The monoisotopic (exact) mass is 645 g/mol. The predicted molar refractivity (Wildman–Crippen MR) is 171 cm³/mol. The third-order valence-corrected chi connectivity index (χ3v) is 10.4. The number of thiophene rings is 1. The van der Waals surface area contributed by atoms with Gasteiger partial charge in [-0.1, -0.05) is 30.0 Å². The highest BCUT2D eigenvalue weighted by atomic mass is 32.2. The third-order valence-electron chi connectivity index (χ3n) is 7.49. The molecule has 224 valence electrons. The predicted octanol–water partition coefficient (Wildman–Crippen LogP) is 6.84. The number of hydrogen-bond acceptors (Lipinski definition) is 6. The molecule has 44 heavy (non-hydrogen) atoms. The number of aromatic carboxylic acids is 1. The van der Waals surface area contributed by atoms with Crippen molar-refractivity contribution in [2.24, 2.45) is 11.1 Å². The molecular weight excluding hydrogens is 618 g/mol. The molecule has 6 rings (SSSR count). The average molecular weight is 646 g/mol. The molecule has 7 nitrogen and oxygen atoms in total. The van der Waals surface area contributed by atoms with Crippen LogP contribution in [-0.2, 0) is 23.0 Å². The van der Waals surface area contributed by atoms with Crippen LogP contribution in [0.3, 0.4) is 0 Å². The highest BCUT2D eigenvalue weighted by Gasteiger charge is 2.29. The smallest absolute Gasteiger partial charge is 0.355 e. The number of carbonyl (C=O) groups is 1. The Morgan fingerprint density at radius 2 is 1.89 bits per heavy atom. The van der Waals surface area contributed by atoms with E-state index in [1.54, 1.807) is 24.3 Å². The van der Waals surface area contributed by atoms with Crippen molar-refractivity contribution in [2.45, 2.75) is 44.6 Å². The molecule has 0 saturated heterocycles. The zero-order valence-corrected chi connectivity index (χ0v) is 26.4. The first-order valence-electron chi connectivity index (χ1n) is 13.9. The van der Waals surface area contributed by atoms with Gasteiger partial charge in [0, 0.05) is 38.8 Å². The molecule has 5 aromatic rings. The normalized spacial score (nSPS) is 13.1. The Kier molecular flexibility index (Phi) is 8.02. The van der Waals surface area contributed by atoms with Crippen LogP contribution in [0, 0.1) is 37.4 Å². The molecule has 0 radical (unpaired) electrons. The number of benzene rings is 2. The van der Waals surface area contributed by atoms with Crippen molar-refractivity contribution in [2.75, 3.05) is 0 Å². The quantitative estimate of drug-likeness (QED) is 0.179. The molecule has 3 N–H and O–H groups in total. The van der Waals surface area contributed by atoms with Gasteiger partial charge in [-0.3, -0.25) is 0 Å². The lowest BCUT2D eigenvalue weighted by atomic mass is 10.1. The Morgan fingerprint density at radius 1 is 1.09 bits per heavy atom. The maximum atomic E-state index is 14.9. The second-order valence-corrected chi connectivity index (χ2v) is 14.9. The van der Waals surface area contributed by atoms with E-state index in [1.165, 1.54) is 28.3 Å². The van der Waals surface area contributed by atoms with Crippen molar-refractivity contribution in [3.8, 4) is 33.7 Å². The summed E-state index contributed by atoms with van der Waals surface area (Å²) in [6.45, 7) is 4.04. The number of sulfonamides is 1. The minimum Gasteiger partial charge on any atom is -0.476 e. The van der Waals surface area contributed by atoms with Crippen LogP contribution in [-0.4, -0.2) is 29.0 Å². The lowest BCUT2D eigenvalue weighted by molar-refractivity contribution is 0.0690. The summed E-state index contributed by atoms with van der Waals surface area (Å²) < 4.78 is 40.7. The van der Waals surface area contributed by atoms with Crippen molar-refractivity contribution in [1.29, 1.82) is 0 Å². The van der Waals surface area contributed by atoms with E-state index in [-0.39, 0.29) is 12.2 Å². The zero-order chi connectivity index (χ0) is 31.2. The first kappa shape index (κ1) is 30.0. The number of thiazole rings is 1. The first-order chi connectivity index (χ1) is 21.0. The molecule has 0 amide bonds. The summed E-state index contributed by atoms with van der Waals surface area (Å²) in [6, 6.07) is 17.9. The number of halogens is 1. The molecule has 0 bridgehead atoms. The van der Waals surface area contributed by atoms with Crippen LogP contribution in [0.15, 0.2) is 65.6 Å². The van der Waals surface area contributed by atoms with E-state index in [1.807, 2.05) is 49.4 Å². The van der Waals surface area contributed by atoms with E-state index < -0.39 is 26.7 Å². The fourth-order valence-corrected chi connectivity index (χ4v) is 7.42. The summed E-state index contributed by atoms with van der Waals surface area (Å²) in [4.78, 5) is 18.6. The average Bonchev–Trinajstić information content (AvgIpc) is 3.38. The van der Waals surface area contributed by atoms with Crippen LogP contribution in [0.25, 0.3) is 21.8 Å². The van der Waals surface area contributed by atoms with Crippen molar-refractivity contribution in [3.05, 3.63) is 104 Å². The lowest BCUT2D eigenvalue weighted by Crippen LogP contribution is -2.14. The summed E-state index contributed by atoms with van der Waals surface area (Å²) in [5.41, 5.74) is 4.94. The van der Waals surface area contributed by atoms with E-state index in [2.05, 4.69) is 21.4 Å². The van der Waals surface area contributed by atoms with E-state index >= 15 is 0 Å². The molecule has 0 spiro atoms. The lowest BCUT2D eigenvalue weighted by Gasteiger charge is -2.16. The van der Waals surface area contributed by atoms with Gasteiger partial charge in [0.2, 0.25) is 10.0 Å². The highest BCUT2D eigenvalue weighted by molar-refractivity contribution is 7.89. The summed E-state index contributed by atoms with van der Waals surface area (Å²) in [5.74, 6) is 4.97. The molecule has 1 fully saturated rings. The number of aryl methyl sites for hydroxylation is 2. The maximum absolute atomic E-state index is 14.9. The van der Waals surface area contributed by atoms with Crippen LogP contribution in [0.2, 0.25) is 0 Å². The second-order valence-electron chi connectivity index (χ2n) is 10.9. The summed E-state index contributed by atoms with van der Waals surface area (Å²) in [5, 5.41) is 15.5. The number of primary sulfonamides is 1. The number of aromatic nitrogens is 2. The van der Waals surface area contributed by atoms with Crippen LogP contribution >= 0.6 is 22.7 Å². The molecule has 11 heteroatoms. The topological polar surface area (TPSA) is 115 Å². The van der Waals surface area contributed by atoms with Crippen molar-refractivity contribution in [1.82, 2.24) is 9.55 Å². The van der Waals surface area contributed by atoms with E-state index in [0.29, 0.717) is 21.4 Å². The van der Waals surface area contributed by atoms with Crippen molar-refractivity contribution in [3.63, 3.8) is 0 Å². The number of carboxylic acids is 1. The van der Waals surface area contributed by atoms with Crippen molar-refractivity contribution >= 4 is 38.7 Å². The Balaban J connectivity index is 1.51. The molecule has 0 atom stereocenters. The van der Waals surface area contributed by atoms with Gasteiger partial charge in [0.15, 0.2) is 5.69 Å². The Hall–Kier alpha value is -4.08. The van der Waals surface area contributed by atoms with Crippen LogP contribution in [0.4, 0.5) is 4.39 Å². The number of hydrogen-bond donors (Lipinski definition) is 2. The highest BCUT2D eigenvalue weighted by Crippen LogP contribution is 2.41. The van der Waals surface area contributed by atoms with Gasteiger partial charge in [0.25, 0.3) is 0 Å². The number of nitrogens with two attached hydrogens (primary N) is 1. The molecule has 3 aromatic heterocycles. The minimum atomic E-state index is -4.21. The molecule has 0 unspecified atom stereocenters. The van der Waals surface area contributed by atoms with Crippen LogP contribution < -0.4 is 5.14 Å². The molecule has 2 aromatic carbocycles. The van der Waals surface area contributed by atoms with Crippen molar-refractivity contribution < 1.29 is 22.7 Å². The molecule has 0 aliphatic heterocycles. The van der Waals surface area contributed by atoms with Gasteiger partial charge in [-0.2, -0.15) is 0 Å². The number of nitrogens with zero attached hydrogens (tertiary/aromatic N) is 2. The maximum Gasteiger partial charge on any atom is 0.355 e. The first-order valence-corrected chi connectivity index (χ1v) is 17.1. The number of carboxylic acid groups (broad SMARTS) is 1. The number of rotatable bonds is 8. The minimum absolute atomic E-state index is 0.0263. The largest absolute Gasteiger partial charge is 0.476 e. The van der Waals surface area contributed by atoms with E-state index in [0.717, 1.165) is 52.2 Å². The van der Waals surface area contributed by atoms with Gasteiger partial charge in [0.05, 0.1) is 4.88 Å². The molecule has 1 aliphatic carbocycles. The van der Waals surface area contributed by atoms with Gasteiger partial charge in [-0.05, 0) is 92.6 Å². The van der Waals surface area contributed by atoms with Gasteiger partial charge >= 0.3 is 5.97 Å². The van der Waals surface area contributed by atoms with E-state index in [4.69, 9.17) is 5.14 Å². The van der Waals surface area contributed by atoms with Crippen LogP contribution in [0.5, 0.6) is 0 Å². The third kappa shape index (κ3) is 6.39. The molecular formula is C33H28FN3O4S3. The summed E-state index contributed by atoms with van der Waals surface area (Å²) in [7, 11) is -4.21. The second kappa shape index (κ2) is 11.8. The van der Waals surface area contributed by atoms with Gasteiger partial charge < -0.3 is 9.67 Å². The van der Waals surface area contributed by atoms with Crippen LogP contribution in [0.1, 0.15) is 54.8 Å². The summed E-state index contributed by atoms with van der Waals surface area (Å²) >= 11 is 2.96. The fraction of sp³-hybridized carbons (Fsp3) is 0.212. The standard InChI is InChI=1S/C33H28FN3O4S3/c1-19-6-11-25(42-19)12-9-21-4-3-5-24(14-21)28-17-26(32-36-31(33(38)39)20(2)43-32)29(16-22-7-8-22)37(28)18-23-10-13-30(27(34)15-23)44(35,40)41/h3-6,10-11,13-15,17,22H,7-8,16,18H2,1-2H3,(H,38,39)(H2,35,40,41). The molecule has 1 saturated carbocycles. The SMILES string of the molecule is Cc1ccc(C#Cc2cccc(-c3cc(-c4nc(C(=O)O)c(C)s4)c(CC4CC4)n3Cc3ccc(S(N)(=O)=O)c(F)c3)c2)s1. The Labute approximate surface area is 262 Å². The zero-order valence-electron chi connectivity index (χ0n) is 23.9. The Bertz CT molecular complexity index is 2090. The van der Waals surface area contributed by atoms with Gasteiger partial charge in [0.1, 0.15) is 15.7 Å². The fourth-order valence-electron chi connectivity index (χ4n) is 5.17. The van der Waals surface area contributed by atoms with E-state index in [9.17, 15) is 22.7 Å². The van der Waals surface area contributed by atoms with Gasteiger partial charge in [-0.25, -0.2) is 27.7 Å². The molecule has 1 aliphatic rings. The summed E-state index contributed by atoms with van der Waals surface area (Å²) in [6.07, 6.45) is 2.91.